The van der Waals surface area contributed by atoms with Gasteiger partial charge in [0, 0.05) is 13.0 Å². The van der Waals surface area contributed by atoms with Crippen molar-refractivity contribution in [2.45, 2.75) is 38.1 Å². The summed E-state index contributed by atoms with van der Waals surface area (Å²) >= 11 is 0. The normalized spacial score (nSPS) is 42.0. The lowest BCUT2D eigenvalue weighted by atomic mass is 10.1. The minimum Gasteiger partial charge on any atom is -0.347 e. The van der Waals surface area contributed by atoms with Crippen LogP contribution in [0.25, 0.3) is 0 Å². The van der Waals surface area contributed by atoms with Crippen molar-refractivity contribution in [2.24, 2.45) is 11.7 Å². The van der Waals surface area contributed by atoms with Gasteiger partial charge in [-0.25, -0.2) is 0 Å². The molecule has 3 nitrogen and oxygen atoms in total. The predicted molar refractivity (Wildman–Crippen MR) is 45.6 cm³/mol. The standard InChI is InChI=1S/C9H17NO2/c1-9(4-7-2-3-7)11-6-8(5-10)12-9/h7-8H,2-6,10H2,1H3. The monoisotopic (exact) mass is 171 g/mol. The molecule has 0 aromatic rings. The summed E-state index contributed by atoms with van der Waals surface area (Å²) in [5, 5.41) is 0. The van der Waals surface area contributed by atoms with Crippen LogP contribution in [0.2, 0.25) is 0 Å². The van der Waals surface area contributed by atoms with E-state index in [0.29, 0.717) is 13.2 Å². The Morgan fingerprint density at radius 2 is 2.25 bits per heavy atom. The van der Waals surface area contributed by atoms with Gasteiger partial charge < -0.3 is 15.2 Å². The quantitative estimate of drug-likeness (QED) is 0.685. The highest BCUT2D eigenvalue weighted by atomic mass is 16.7. The second kappa shape index (κ2) is 2.98. The van der Waals surface area contributed by atoms with Crippen molar-refractivity contribution in [2.75, 3.05) is 13.2 Å². The molecule has 2 aliphatic rings. The predicted octanol–water partition coefficient (Wildman–Crippen LogP) is 0.877. The first-order valence-electron chi connectivity index (χ1n) is 4.74. The van der Waals surface area contributed by atoms with Gasteiger partial charge in [0.05, 0.1) is 12.7 Å². The molecule has 3 heteroatoms. The van der Waals surface area contributed by atoms with Gasteiger partial charge in [0.15, 0.2) is 5.79 Å². The SMILES string of the molecule is CC1(CC2CC2)OCC(CN)O1. The number of hydrogen-bond donors (Lipinski definition) is 1. The Morgan fingerprint density at radius 3 is 2.75 bits per heavy atom. The molecule has 1 heterocycles. The molecule has 1 saturated carbocycles. The van der Waals surface area contributed by atoms with Crippen LogP contribution in [-0.2, 0) is 9.47 Å². The molecule has 0 bridgehead atoms. The number of rotatable bonds is 3. The van der Waals surface area contributed by atoms with Crippen LogP contribution in [-0.4, -0.2) is 25.0 Å². The second-order valence-corrected chi connectivity index (χ2v) is 4.07. The Bertz CT molecular complexity index is 170. The van der Waals surface area contributed by atoms with E-state index >= 15 is 0 Å². The van der Waals surface area contributed by atoms with Crippen LogP contribution >= 0.6 is 0 Å². The van der Waals surface area contributed by atoms with E-state index in [9.17, 15) is 0 Å². The minimum atomic E-state index is -0.328. The average Bonchev–Trinajstić information content (AvgIpc) is 2.74. The molecule has 1 saturated heterocycles. The first-order chi connectivity index (χ1) is 5.72. The Kier molecular flexibility index (Phi) is 2.10. The zero-order valence-electron chi connectivity index (χ0n) is 7.58. The van der Waals surface area contributed by atoms with Gasteiger partial charge in [-0.05, 0) is 25.7 Å². The van der Waals surface area contributed by atoms with E-state index in [2.05, 4.69) is 0 Å². The van der Waals surface area contributed by atoms with Gasteiger partial charge in [-0.3, -0.25) is 0 Å². The number of nitrogens with two attached hydrogens (primary N) is 1. The van der Waals surface area contributed by atoms with Gasteiger partial charge in [0.1, 0.15) is 0 Å². The van der Waals surface area contributed by atoms with Crippen LogP contribution in [0, 0.1) is 5.92 Å². The van der Waals surface area contributed by atoms with Gasteiger partial charge in [-0.2, -0.15) is 0 Å². The molecule has 2 N–H and O–H groups in total. The molecule has 0 aromatic carbocycles. The molecule has 2 fully saturated rings. The van der Waals surface area contributed by atoms with Crippen molar-refractivity contribution in [3.8, 4) is 0 Å². The van der Waals surface area contributed by atoms with E-state index in [0.717, 1.165) is 12.3 Å². The third-order valence-electron chi connectivity index (χ3n) is 2.61. The van der Waals surface area contributed by atoms with Crippen LogP contribution in [0.5, 0.6) is 0 Å². The molecule has 2 unspecified atom stereocenters. The maximum atomic E-state index is 5.70. The summed E-state index contributed by atoms with van der Waals surface area (Å²) in [5.41, 5.74) is 5.50. The minimum absolute atomic E-state index is 0.119. The Balaban J connectivity index is 1.85. The molecule has 1 aliphatic heterocycles. The van der Waals surface area contributed by atoms with Crippen molar-refractivity contribution in [3.05, 3.63) is 0 Å². The van der Waals surface area contributed by atoms with Gasteiger partial charge in [-0.1, -0.05) is 0 Å². The lowest BCUT2D eigenvalue weighted by Gasteiger charge is -2.22. The van der Waals surface area contributed by atoms with Crippen molar-refractivity contribution >= 4 is 0 Å². The maximum absolute atomic E-state index is 5.70. The van der Waals surface area contributed by atoms with Crippen molar-refractivity contribution in [3.63, 3.8) is 0 Å². The fourth-order valence-electron chi connectivity index (χ4n) is 1.76. The lowest BCUT2D eigenvalue weighted by molar-refractivity contribution is -0.160. The zero-order valence-corrected chi connectivity index (χ0v) is 7.58. The fraction of sp³-hybridized carbons (Fsp3) is 1.00. The summed E-state index contributed by atoms with van der Waals surface area (Å²) in [5.74, 6) is 0.511. The van der Waals surface area contributed by atoms with E-state index in [1.807, 2.05) is 6.92 Å². The molecule has 0 amide bonds. The Morgan fingerprint density at radius 1 is 1.50 bits per heavy atom. The topological polar surface area (TPSA) is 44.5 Å². The maximum Gasteiger partial charge on any atom is 0.166 e. The number of hydrogen-bond acceptors (Lipinski definition) is 3. The highest BCUT2D eigenvalue weighted by molar-refractivity contribution is 4.83. The summed E-state index contributed by atoms with van der Waals surface area (Å²) in [6, 6.07) is 0. The highest BCUT2D eigenvalue weighted by Gasteiger charge is 2.40. The third-order valence-corrected chi connectivity index (χ3v) is 2.61. The largest absolute Gasteiger partial charge is 0.347 e. The summed E-state index contributed by atoms with van der Waals surface area (Å²) in [6.45, 7) is 3.26. The van der Waals surface area contributed by atoms with Crippen LogP contribution in [0.4, 0.5) is 0 Å². The summed E-state index contributed by atoms with van der Waals surface area (Å²) in [4.78, 5) is 0. The average molecular weight is 171 g/mol. The first kappa shape index (κ1) is 8.48. The summed E-state index contributed by atoms with van der Waals surface area (Å²) in [7, 11) is 0. The molecule has 0 aromatic heterocycles. The van der Waals surface area contributed by atoms with E-state index in [1.165, 1.54) is 12.8 Å². The molecule has 1 aliphatic carbocycles. The molecule has 2 rings (SSSR count). The van der Waals surface area contributed by atoms with Crippen molar-refractivity contribution < 1.29 is 9.47 Å². The molecule has 0 radical (unpaired) electrons. The van der Waals surface area contributed by atoms with Gasteiger partial charge in [-0.15, -0.1) is 0 Å². The van der Waals surface area contributed by atoms with E-state index in [4.69, 9.17) is 15.2 Å². The molecular weight excluding hydrogens is 154 g/mol. The van der Waals surface area contributed by atoms with Crippen LogP contribution < -0.4 is 5.73 Å². The van der Waals surface area contributed by atoms with Crippen molar-refractivity contribution in [1.82, 2.24) is 0 Å². The lowest BCUT2D eigenvalue weighted by Crippen LogP contribution is -2.29. The first-order valence-corrected chi connectivity index (χ1v) is 4.74. The highest BCUT2D eigenvalue weighted by Crippen LogP contribution is 2.40. The van der Waals surface area contributed by atoms with E-state index in [1.54, 1.807) is 0 Å². The van der Waals surface area contributed by atoms with Gasteiger partial charge in [0.25, 0.3) is 0 Å². The van der Waals surface area contributed by atoms with Crippen LogP contribution in [0.1, 0.15) is 26.2 Å². The molecule has 70 valence electrons. The molecule has 0 spiro atoms. The molecule has 12 heavy (non-hydrogen) atoms. The molecular formula is C9H17NO2. The van der Waals surface area contributed by atoms with Crippen LogP contribution in [0.3, 0.4) is 0 Å². The third kappa shape index (κ3) is 1.79. The van der Waals surface area contributed by atoms with E-state index in [-0.39, 0.29) is 11.9 Å². The van der Waals surface area contributed by atoms with Gasteiger partial charge in [0.2, 0.25) is 0 Å². The van der Waals surface area contributed by atoms with Crippen LogP contribution in [0.15, 0.2) is 0 Å². The zero-order chi connectivity index (χ0) is 8.60. The summed E-state index contributed by atoms with van der Waals surface area (Å²) < 4.78 is 11.3. The Hall–Kier alpha value is -0.120. The smallest absolute Gasteiger partial charge is 0.166 e. The fourth-order valence-corrected chi connectivity index (χ4v) is 1.76. The van der Waals surface area contributed by atoms with E-state index < -0.39 is 0 Å². The molecule has 2 atom stereocenters. The Labute approximate surface area is 73.2 Å². The van der Waals surface area contributed by atoms with Gasteiger partial charge >= 0.3 is 0 Å². The second-order valence-electron chi connectivity index (χ2n) is 4.07. The summed E-state index contributed by atoms with van der Waals surface area (Å²) in [6.07, 6.45) is 3.85. The number of ether oxygens (including phenoxy) is 2. The van der Waals surface area contributed by atoms with Crippen molar-refractivity contribution in [1.29, 1.82) is 0 Å².